The van der Waals surface area contributed by atoms with Crippen molar-refractivity contribution in [2.24, 2.45) is 17.6 Å². The van der Waals surface area contributed by atoms with Gasteiger partial charge in [0.15, 0.2) is 0 Å². The number of ether oxygens (including phenoxy) is 1. The van der Waals surface area contributed by atoms with E-state index in [0.717, 1.165) is 32.1 Å². The first kappa shape index (κ1) is 27.3. The number of thioether (sulfide) groups is 1. The summed E-state index contributed by atoms with van der Waals surface area (Å²) < 4.78 is 4.18. The van der Waals surface area contributed by atoms with Crippen LogP contribution in [0.5, 0.6) is 0 Å². The number of nitrogens with two attached hydrogens (primary N) is 1. The van der Waals surface area contributed by atoms with Crippen molar-refractivity contribution in [2.75, 3.05) is 20.2 Å². The number of nitrogens with one attached hydrogen (secondary N) is 3. The number of hydrogen-bond acceptors (Lipinski definition) is 6. The monoisotopic (exact) mass is 483 g/mol. The second-order valence-corrected chi connectivity index (χ2v) is 12.2. The Bertz CT molecular complexity index is 722. The van der Waals surface area contributed by atoms with Crippen LogP contribution in [0.15, 0.2) is 0 Å². The van der Waals surface area contributed by atoms with E-state index in [9.17, 15) is 14.4 Å². The van der Waals surface area contributed by atoms with E-state index >= 15 is 0 Å². The van der Waals surface area contributed by atoms with Crippen molar-refractivity contribution in [2.45, 2.75) is 88.3 Å². The van der Waals surface area contributed by atoms with Gasteiger partial charge in [-0.25, -0.2) is 4.79 Å². The maximum Gasteiger partial charge on any atom is 0.407 e. The largest absolute Gasteiger partial charge is 0.453 e. The average molecular weight is 484 g/mol. The minimum atomic E-state index is -0.812. The van der Waals surface area contributed by atoms with E-state index in [1.54, 1.807) is 16.7 Å². The number of methoxy groups -OCH3 is 1. The SMILES string of the molecule is COC(=O)N[C@@H](C(=O)N1CCC[C@H]1C(=O)NCC1CCC(C(=N)N)CC1)C(C)(C)SC(C)C. The topological polar surface area (TPSA) is 138 Å². The molecular weight excluding hydrogens is 442 g/mol. The average Bonchev–Trinajstić information content (AvgIpc) is 3.24. The lowest BCUT2D eigenvalue weighted by atomic mass is 9.81. The number of amidine groups is 1. The Hall–Kier alpha value is -1.97. The fourth-order valence-corrected chi connectivity index (χ4v) is 6.41. The Labute approximate surface area is 201 Å². The van der Waals surface area contributed by atoms with Gasteiger partial charge >= 0.3 is 6.09 Å². The molecule has 1 aliphatic carbocycles. The zero-order valence-corrected chi connectivity index (χ0v) is 21.4. The van der Waals surface area contributed by atoms with Crippen molar-refractivity contribution in [3.05, 3.63) is 0 Å². The Morgan fingerprint density at radius 2 is 1.82 bits per heavy atom. The molecule has 0 aromatic heterocycles. The molecule has 2 rings (SSSR count). The summed E-state index contributed by atoms with van der Waals surface area (Å²) >= 11 is 1.60. The van der Waals surface area contributed by atoms with Crippen LogP contribution >= 0.6 is 11.8 Å². The molecule has 1 heterocycles. The second-order valence-electron chi connectivity index (χ2n) is 9.95. The molecule has 2 atom stereocenters. The molecule has 0 aromatic rings. The van der Waals surface area contributed by atoms with Crippen LogP contribution in [0.25, 0.3) is 0 Å². The summed E-state index contributed by atoms with van der Waals surface area (Å²) in [5, 5.41) is 13.6. The predicted molar refractivity (Wildman–Crippen MR) is 131 cm³/mol. The van der Waals surface area contributed by atoms with E-state index in [4.69, 9.17) is 15.9 Å². The molecule has 0 radical (unpaired) electrons. The highest BCUT2D eigenvalue weighted by atomic mass is 32.2. The van der Waals surface area contributed by atoms with Crippen molar-refractivity contribution >= 4 is 35.5 Å². The molecule has 1 saturated heterocycles. The van der Waals surface area contributed by atoms with Gasteiger partial charge in [0.25, 0.3) is 0 Å². The van der Waals surface area contributed by atoms with Crippen LogP contribution in [0.4, 0.5) is 4.79 Å². The van der Waals surface area contributed by atoms with E-state index in [-0.39, 0.29) is 28.8 Å². The van der Waals surface area contributed by atoms with Gasteiger partial charge in [0.1, 0.15) is 12.1 Å². The van der Waals surface area contributed by atoms with Crippen molar-refractivity contribution in [3.63, 3.8) is 0 Å². The Morgan fingerprint density at radius 1 is 1.18 bits per heavy atom. The highest BCUT2D eigenvalue weighted by Gasteiger charge is 2.44. The van der Waals surface area contributed by atoms with E-state index in [1.807, 2.05) is 27.7 Å². The highest BCUT2D eigenvalue weighted by Crippen LogP contribution is 2.34. The number of nitrogens with zero attached hydrogens (tertiary/aromatic N) is 1. The first-order valence-electron chi connectivity index (χ1n) is 11.9. The van der Waals surface area contributed by atoms with Gasteiger partial charge in [-0.15, -0.1) is 0 Å². The first-order valence-corrected chi connectivity index (χ1v) is 12.8. The van der Waals surface area contributed by atoms with Crippen molar-refractivity contribution in [1.29, 1.82) is 5.41 Å². The third-order valence-corrected chi connectivity index (χ3v) is 7.93. The molecule has 1 saturated carbocycles. The summed E-state index contributed by atoms with van der Waals surface area (Å²) in [4.78, 5) is 40.2. The third kappa shape index (κ3) is 7.52. The van der Waals surface area contributed by atoms with E-state index < -0.39 is 22.9 Å². The van der Waals surface area contributed by atoms with E-state index in [1.165, 1.54) is 7.11 Å². The van der Waals surface area contributed by atoms with Gasteiger partial charge in [0.05, 0.1) is 12.9 Å². The number of alkyl carbamates (subject to hydrolysis) is 1. The lowest BCUT2D eigenvalue weighted by molar-refractivity contribution is -0.140. The lowest BCUT2D eigenvalue weighted by Crippen LogP contribution is -2.60. The molecule has 0 aromatic carbocycles. The van der Waals surface area contributed by atoms with Crippen LogP contribution in [-0.2, 0) is 14.3 Å². The second kappa shape index (κ2) is 11.9. The predicted octanol–water partition coefficient (Wildman–Crippen LogP) is 2.48. The molecule has 0 bridgehead atoms. The first-order chi connectivity index (χ1) is 15.5. The molecule has 0 unspecified atom stereocenters. The van der Waals surface area contributed by atoms with Crippen LogP contribution in [0.2, 0.25) is 0 Å². The van der Waals surface area contributed by atoms with Gasteiger partial charge in [-0.1, -0.05) is 13.8 Å². The van der Waals surface area contributed by atoms with Crippen LogP contribution < -0.4 is 16.4 Å². The molecule has 2 fully saturated rings. The summed E-state index contributed by atoms with van der Waals surface area (Å²) in [6.07, 6.45) is 4.33. The summed E-state index contributed by atoms with van der Waals surface area (Å²) in [5.74, 6) is 0.390. The fourth-order valence-electron chi connectivity index (χ4n) is 4.89. The number of carbonyl (C=O) groups excluding carboxylic acids is 3. The molecule has 1 aliphatic heterocycles. The third-order valence-electron chi connectivity index (χ3n) is 6.62. The molecule has 2 aliphatic rings. The van der Waals surface area contributed by atoms with Crippen molar-refractivity contribution < 1.29 is 19.1 Å². The summed E-state index contributed by atoms with van der Waals surface area (Å²) in [7, 11) is 1.27. The number of rotatable bonds is 9. The number of hydrogen-bond donors (Lipinski definition) is 4. The molecule has 188 valence electrons. The summed E-state index contributed by atoms with van der Waals surface area (Å²) in [5.41, 5.74) is 5.62. The quantitative estimate of drug-likeness (QED) is 0.294. The number of amides is 3. The van der Waals surface area contributed by atoms with E-state index in [0.29, 0.717) is 25.4 Å². The highest BCUT2D eigenvalue weighted by molar-refractivity contribution is 8.01. The zero-order chi connectivity index (χ0) is 24.8. The summed E-state index contributed by atoms with van der Waals surface area (Å²) in [6, 6.07) is -1.35. The van der Waals surface area contributed by atoms with Crippen molar-refractivity contribution in [1.82, 2.24) is 15.5 Å². The van der Waals surface area contributed by atoms with Gasteiger partial charge < -0.3 is 26.0 Å². The van der Waals surface area contributed by atoms with Gasteiger partial charge in [-0.3, -0.25) is 15.0 Å². The van der Waals surface area contributed by atoms with Gasteiger partial charge in [0, 0.05) is 23.8 Å². The smallest absolute Gasteiger partial charge is 0.407 e. The van der Waals surface area contributed by atoms with Gasteiger partial charge in [-0.05, 0) is 63.5 Å². The Morgan fingerprint density at radius 3 is 2.36 bits per heavy atom. The van der Waals surface area contributed by atoms with Crippen LogP contribution in [0.3, 0.4) is 0 Å². The maximum absolute atomic E-state index is 13.6. The Balaban J connectivity index is 2.03. The van der Waals surface area contributed by atoms with Crippen LogP contribution in [-0.4, -0.2) is 70.9 Å². The molecule has 3 amide bonds. The van der Waals surface area contributed by atoms with Crippen molar-refractivity contribution in [3.8, 4) is 0 Å². The molecule has 9 nitrogen and oxygen atoms in total. The summed E-state index contributed by atoms with van der Waals surface area (Å²) in [6.45, 7) is 9.00. The number of likely N-dealkylation sites (tertiary alicyclic amines) is 1. The minimum absolute atomic E-state index is 0.138. The maximum atomic E-state index is 13.6. The van der Waals surface area contributed by atoms with E-state index in [2.05, 4.69) is 10.6 Å². The zero-order valence-electron chi connectivity index (χ0n) is 20.6. The fraction of sp³-hybridized carbons (Fsp3) is 0.826. The molecule has 33 heavy (non-hydrogen) atoms. The molecule has 5 N–H and O–H groups in total. The van der Waals surface area contributed by atoms with Crippen LogP contribution in [0.1, 0.15) is 66.2 Å². The minimum Gasteiger partial charge on any atom is -0.453 e. The standard InChI is InChI=1S/C23H41N5O4S/c1-14(2)33-23(3,4)18(27-22(31)32-5)21(30)28-12-6-7-17(28)20(29)26-13-15-8-10-16(11-9-15)19(24)25/h14-18H,6-13H2,1-5H3,(H3,24,25)(H,26,29)(H,27,31)/t15?,16?,17-,18-/m0/s1. The molecular formula is C23H41N5O4S. The van der Waals surface area contributed by atoms with Crippen LogP contribution in [0, 0.1) is 17.2 Å². The molecule has 0 spiro atoms. The van der Waals surface area contributed by atoms with Gasteiger partial charge in [0.2, 0.25) is 11.8 Å². The Kier molecular flexibility index (Phi) is 9.87. The normalized spacial score (nSPS) is 24.3. The lowest BCUT2D eigenvalue weighted by Gasteiger charge is -2.38. The number of carbonyl (C=O) groups is 3. The van der Waals surface area contributed by atoms with Gasteiger partial charge in [-0.2, -0.15) is 11.8 Å². The molecule has 10 heteroatoms.